The van der Waals surface area contributed by atoms with Crippen LogP contribution in [0.2, 0.25) is 0 Å². The van der Waals surface area contributed by atoms with Gasteiger partial charge in [-0.05, 0) is 50.1 Å². The van der Waals surface area contributed by atoms with E-state index in [1.807, 2.05) is 67.6 Å². The van der Waals surface area contributed by atoms with E-state index in [0.717, 1.165) is 47.4 Å². The summed E-state index contributed by atoms with van der Waals surface area (Å²) in [4.78, 5) is 11.6. The summed E-state index contributed by atoms with van der Waals surface area (Å²) in [6.45, 7) is 4.61. The maximum absolute atomic E-state index is 6.15. The molecule has 2 heterocycles. The number of para-hydroxylation sites is 1. The molecule has 4 rings (SSSR count). The number of aromatic nitrogens is 1. The van der Waals surface area contributed by atoms with E-state index in [0.29, 0.717) is 12.5 Å². The number of pyridine rings is 1. The lowest BCUT2D eigenvalue weighted by Crippen LogP contribution is -2.23. The molecule has 1 aliphatic heterocycles. The molecule has 1 aliphatic rings. The molecule has 162 valence electrons. The van der Waals surface area contributed by atoms with Gasteiger partial charge in [0.15, 0.2) is 5.96 Å². The Morgan fingerprint density at radius 1 is 1.03 bits per heavy atom. The number of nitrogens with one attached hydrogen (secondary N) is 1. The van der Waals surface area contributed by atoms with Crippen LogP contribution >= 0.6 is 24.0 Å². The Kier molecular flexibility index (Phi) is 8.11. The summed E-state index contributed by atoms with van der Waals surface area (Å²) in [5.41, 5.74) is 9.09. The van der Waals surface area contributed by atoms with Crippen molar-refractivity contribution < 1.29 is 4.74 Å². The Bertz CT molecular complexity index is 1020. The van der Waals surface area contributed by atoms with E-state index >= 15 is 0 Å². The van der Waals surface area contributed by atoms with Crippen molar-refractivity contribution in [2.24, 2.45) is 10.7 Å². The minimum atomic E-state index is 0. The summed E-state index contributed by atoms with van der Waals surface area (Å²) in [5.74, 6) is 2.91. The van der Waals surface area contributed by atoms with Crippen LogP contribution in [0.1, 0.15) is 24.1 Å². The number of ether oxygens (including phenoxy) is 1. The first-order chi connectivity index (χ1) is 14.7. The average molecular weight is 529 g/mol. The van der Waals surface area contributed by atoms with Crippen LogP contribution in [-0.4, -0.2) is 24.0 Å². The second-order valence-electron chi connectivity index (χ2n) is 7.40. The number of nitrogens with zero attached hydrogens (tertiary/aromatic N) is 3. The standard InChI is InChI=1S/C24H27N5O.HI/c1-18-12-13-19(23(27-18)29-14-5-6-15-29)17-26-24(25)28-20-8-7-11-22(16-20)30-21-9-3-2-4-10-21;/h2-4,7-13,16H,5-6,14-15,17H2,1H3,(H3,25,26,28);1H. The minimum Gasteiger partial charge on any atom is -0.457 e. The molecule has 0 saturated carbocycles. The number of rotatable bonds is 6. The molecule has 3 aromatic rings. The zero-order chi connectivity index (χ0) is 20.8. The topological polar surface area (TPSA) is 75.8 Å². The molecule has 31 heavy (non-hydrogen) atoms. The van der Waals surface area contributed by atoms with Crippen LogP contribution in [0.5, 0.6) is 11.5 Å². The first-order valence-electron chi connectivity index (χ1n) is 10.3. The number of anilines is 2. The van der Waals surface area contributed by atoms with Crippen LogP contribution in [0, 0.1) is 6.92 Å². The molecule has 7 heteroatoms. The Labute approximate surface area is 200 Å². The zero-order valence-electron chi connectivity index (χ0n) is 17.6. The van der Waals surface area contributed by atoms with Gasteiger partial charge in [0.1, 0.15) is 17.3 Å². The van der Waals surface area contributed by atoms with E-state index in [-0.39, 0.29) is 24.0 Å². The fraction of sp³-hybridized carbons (Fsp3) is 0.250. The number of nitrogens with two attached hydrogens (primary N) is 1. The average Bonchev–Trinajstić information content (AvgIpc) is 3.29. The second-order valence-corrected chi connectivity index (χ2v) is 7.40. The van der Waals surface area contributed by atoms with Crippen LogP contribution in [0.3, 0.4) is 0 Å². The molecule has 0 spiro atoms. The zero-order valence-corrected chi connectivity index (χ0v) is 20.0. The van der Waals surface area contributed by atoms with Crippen LogP contribution in [0.15, 0.2) is 71.7 Å². The molecular formula is C24H28IN5O. The summed E-state index contributed by atoms with van der Waals surface area (Å²) in [5, 5.41) is 3.15. The predicted octanol–water partition coefficient (Wildman–Crippen LogP) is 5.33. The molecule has 0 radical (unpaired) electrons. The van der Waals surface area contributed by atoms with Crippen molar-refractivity contribution in [3.8, 4) is 11.5 Å². The van der Waals surface area contributed by atoms with E-state index in [9.17, 15) is 0 Å². The molecule has 0 unspecified atom stereocenters. The van der Waals surface area contributed by atoms with Crippen LogP contribution in [0.4, 0.5) is 11.5 Å². The van der Waals surface area contributed by atoms with Gasteiger partial charge in [-0.3, -0.25) is 0 Å². The SMILES string of the molecule is Cc1ccc(CN=C(N)Nc2cccc(Oc3ccccc3)c2)c(N2CCCC2)n1.I. The van der Waals surface area contributed by atoms with Crippen molar-refractivity contribution in [3.05, 3.63) is 78.0 Å². The summed E-state index contributed by atoms with van der Waals surface area (Å²) in [7, 11) is 0. The smallest absolute Gasteiger partial charge is 0.193 e. The van der Waals surface area contributed by atoms with Gasteiger partial charge < -0.3 is 20.7 Å². The fourth-order valence-corrected chi connectivity index (χ4v) is 3.52. The summed E-state index contributed by atoms with van der Waals surface area (Å²) < 4.78 is 5.88. The molecule has 0 aliphatic carbocycles. The second kappa shape index (κ2) is 11.0. The van der Waals surface area contributed by atoms with Gasteiger partial charge in [0.05, 0.1) is 6.54 Å². The van der Waals surface area contributed by atoms with Gasteiger partial charge in [-0.15, -0.1) is 24.0 Å². The van der Waals surface area contributed by atoms with Gasteiger partial charge in [-0.1, -0.05) is 30.3 Å². The normalized spacial score (nSPS) is 13.6. The minimum absolute atomic E-state index is 0. The van der Waals surface area contributed by atoms with E-state index in [2.05, 4.69) is 21.3 Å². The Morgan fingerprint density at radius 3 is 2.55 bits per heavy atom. The maximum Gasteiger partial charge on any atom is 0.193 e. The van der Waals surface area contributed by atoms with Crippen LogP contribution < -0.4 is 20.7 Å². The number of aryl methyl sites for hydroxylation is 1. The molecule has 2 aromatic carbocycles. The van der Waals surface area contributed by atoms with Gasteiger partial charge >= 0.3 is 0 Å². The highest BCUT2D eigenvalue weighted by Crippen LogP contribution is 2.25. The van der Waals surface area contributed by atoms with Crippen LogP contribution in [-0.2, 0) is 6.54 Å². The van der Waals surface area contributed by atoms with Gasteiger partial charge in [0.25, 0.3) is 0 Å². The Morgan fingerprint density at radius 2 is 1.77 bits per heavy atom. The molecule has 6 nitrogen and oxygen atoms in total. The van der Waals surface area contributed by atoms with E-state index in [1.165, 1.54) is 12.8 Å². The van der Waals surface area contributed by atoms with E-state index in [4.69, 9.17) is 15.5 Å². The number of guanidine groups is 1. The highest BCUT2D eigenvalue weighted by atomic mass is 127. The monoisotopic (exact) mass is 529 g/mol. The first kappa shape index (κ1) is 22.9. The molecule has 0 amide bonds. The van der Waals surface area contributed by atoms with Crippen molar-refractivity contribution in [3.63, 3.8) is 0 Å². The third kappa shape index (κ3) is 6.33. The number of aliphatic imine (C=N–C) groups is 1. The van der Waals surface area contributed by atoms with E-state index in [1.54, 1.807) is 0 Å². The number of hydrogen-bond donors (Lipinski definition) is 2. The highest BCUT2D eigenvalue weighted by molar-refractivity contribution is 14.0. The lowest BCUT2D eigenvalue weighted by Gasteiger charge is -2.20. The fourth-order valence-electron chi connectivity index (χ4n) is 3.52. The molecule has 1 aromatic heterocycles. The van der Waals surface area contributed by atoms with Crippen molar-refractivity contribution in [1.29, 1.82) is 0 Å². The van der Waals surface area contributed by atoms with Gasteiger partial charge in [-0.2, -0.15) is 0 Å². The summed E-state index contributed by atoms with van der Waals surface area (Å²) in [6, 6.07) is 21.5. The Hall–Kier alpha value is -2.81. The molecule has 0 atom stereocenters. The van der Waals surface area contributed by atoms with Crippen LogP contribution in [0.25, 0.3) is 0 Å². The third-order valence-electron chi connectivity index (χ3n) is 5.01. The Balaban J connectivity index is 0.00000272. The molecule has 3 N–H and O–H groups in total. The van der Waals surface area contributed by atoms with Crippen molar-refractivity contribution in [2.75, 3.05) is 23.3 Å². The van der Waals surface area contributed by atoms with Crippen molar-refractivity contribution >= 4 is 41.4 Å². The summed E-state index contributed by atoms with van der Waals surface area (Å²) >= 11 is 0. The van der Waals surface area contributed by atoms with Gasteiger partial charge in [-0.25, -0.2) is 9.98 Å². The number of halogens is 1. The molecule has 0 bridgehead atoms. The number of hydrogen-bond acceptors (Lipinski definition) is 4. The van der Waals surface area contributed by atoms with Crippen molar-refractivity contribution in [1.82, 2.24) is 4.98 Å². The number of benzene rings is 2. The van der Waals surface area contributed by atoms with E-state index < -0.39 is 0 Å². The molecule has 1 saturated heterocycles. The largest absolute Gasteiger partial charge is 0.457 e. The lowest BCUT2D eigenvalue weighted by molar-refractivity contribution is 0.483. The quantitative estimate of drug-likeness (QED) is 0.257. The molecular weight excluding hydrogens is 501 g/mol. The lowest BCUT2D eigenvalue weighted by atomic mass is 10.2. The highest BCUT2D eigenvalue weighted by Gasteiger charge is 2.17. The first-order valence-corrected chi connectivity index (χ1v) is 10.3. The molecule has 1 fully saturated rings. The van der Waals surface area contributed by atoms with Gasteiger partial charge in [0.2, 0.25) is 0 Å². The summed E-state index contributed by atoms with van der Waals surface area (Å²) in [6.07, 6.45) is 2.42. The predicted molar refractivity (Wildman–Crippen MR) is 138 cm³/mol. The van der Waals surface area contributed by atoms with Crippen molar-refractivity contribution in [2.45, 2.75) is 26.3 Å². The third-order valence-corrected chi connectivity index (χ3v) is 5.01. The maximum atomic E-state index is 6.15. The van der Waals surface area contributed by atoms with Gasteiger partial charge in [0, 0.05) is 36.1 Å².